The van der Waals surface area contributed by atoms with Crippen molar-refractivity contribution in [1.29, 1.82) is 0 Å². The molecule has 0 aliphatic heterocycles. The van der Waals surface area contributed by atoms with Gasteiger partial charge in [-0.25, -0.2) is 8.42 Å². The van der Waals surface area contributed by atoms with E-state index in [0.29, 0.717) is 15.8 Å². The molecule has 0 spiro atoms. The van der Waals surface area contributed by atoms with Gasteiger partial charge in [-0.2, -0.15) is 4.31 Å². The highest BCUT2D eigenvalue weighted by atomic mass is 35.5. The van der Waals surface area contributed by atoms with Gasteiger partial charge in [0.25, 0.3) is 15.9 Å². The molecule has 0 radical (unpaired) electrons. The number of methoxy groups -OCH3 is 1. The Morgan fingerprint density at radius 1 is 0.969 bits per heavy atom. The van der Waals surface area contributed by atoms with Crippen molar-refractivity contribution in [1.82, 2.24) is 0 Å². The van der Waals surface area contributed by atoms with Crippen LogP contribution < -0.4 is 13.8 Å². The number of sulfonamides is 1. The van der Waals surface area contributed by atoms with Crippen molar-refractivity contribution < 1.29 is 22.7 Å². The van der Waals surface area contributed by atoms with Crippen molar-refractivity contribution >= 4 is 33.2 Å². The number of para-hydroxylation sites is 1. The largest absolute Gasteiger partial charge is 0.495 e. The van der Waals surface area contributed by atoms with E-state index in [4.69, 9.17) is 21.1 Å². The fourth-order valence-electron chi connectivity index (χ4n) is 3.18. The fraction of sp³-hybridized carbons (Fsp3) is 0.208. The lowest BCUT2D eigenvalue weighted by Crippen LogP contribution is -2.40. The van der Waals surface area contributed by atoms with Gasteiger partial charge in [-0.15, -0.1) is 0 Å². The maximum atomic E-state index is 13.4. The first-order valence-corrected chi connectivity index (χ1v) is 11.8. The van der Waals surface area contributed by atoms with Gasteiger partial charge in [0.15, 0.2) is 6.61 Å². The summed E-state index contributed by atoms with van der Waals surface area (Å²) >= 11 is 6.21. The number of rotatable bonds is 8. The number of carbonyl (C=O) groups excluding carboxylic acids is 1. The maximum Gasteiger partial charge on any atom is 0.278 e. The van der Waals surface area contributed by atoms with E-state index in [0.717, 1.165) is 5.56 Å². The molecule has 3 rings (SSSR count). The Morgan fingerprint density at radius 3 is 2.25 bits per heavy atom. The lowest BCUT2D eigenvalue weighted by atomic mass is 10.0. The Balaban J connectivity index is 1.99. The molecule has 0 aliphatic rings. The highest BCUT2D eigenvalue weighted by Gasteiger charge is 2.32. The highest BCUT2D eigenvalue weighted by Crippen LogP contribution is 2.32. The molecule has 0 unspecified atom stereocenters. The van der Waals surface area contributed by atoms with Crippen molar-refractivity contribution in [2.45, 2.75) is 24.7 Å². The summed E-state index contributed by atoms with van der Waals surface area (Å²) in [6.07, 6.45) is 0. The smallest absolute Gasteiger partial charge is 0.278 e. The van der Waals surface area contributed by atoms with Crippen LogP contribution in [-0.4, -0.2) is 28.0 Å². The van der Waals surface area contributed by atoms with E-state index in [2.05, 4.69) is 0 Å². The number of benzene rings is 3. The monoisotopic (exact) mass is 473 g/mol. The third-order valence-corrected chi connectivity index (χ3v) is 6.83. The van der Waals surface area contributed by atoms with Crippen LogP contribution >= 0.6 is 11.6 Å². The molecular formula is C24H24ClNO5S. The summed E-state index contributed by atoms with van der Waals surface area (Å²) < 4.78 is 38.4. The van der Waals surface area contributed by atoms with Crippen molar-refractivity contribution in [2.24, 2.45) is 0 Å². The van der Waals surface area contributed by atoms with E-state index in [-0.39, 0.29) is 21.5 Å². The number of halogens is 1. The number of hydrogen-bond donors (Lipinski definition) is 0. The minimum absolute atomic E-state index is 0.0251. The molecule has 0 heterocycles. The van der Waals surface area contributed by atoms with Gasteiger partial charge in [-0.1, -0.05) is 61.8 Å². The van der Waals surface area contributed by atoms with Gasteiger partial charge in [-0.05, 0) is 47.9 Å². The maximum absolute atomic E-state index is 13.4. The molecule has 3 aromatic carbocycles. The molecule has 32 heavy (non-hydrogen) atoms. The molecule has 6 nitrogen and oxygen atoms in total. The minimum Gasteiger partial charge on any atom is -0.495 e. The van der Waals surface area contributed by atoms with Crippen molar-refractivity contribution in [3.05, 3.63) is 83.4 Å². The molecule has 0 aromatic heterocycles. The standard InChI is InChI=1S/C24H24ClNO5S/c1-17(2)20-11-7-8-12-22(20)31-16-24(27)26(18-13-14-23(30-3)21(25)15-18)32(28,29)19-9-5-4-6-10-19/h4-15,17H,16H2,1-3H3. The molecule has 0 N–H and O–H groups in total. The molecular weight excluding hydrogens is 450 g/mol. The third-order valence-electron chi connectivity index (χ3n) is 4.77. The number of nitrogens with zero attached hydrogens (tertiary/aromatic N) is 1. The molecule has 3 aromatic rings. The molecule has 1 amide bonds. The Bertz CT molecular complexity index is 1200. The number of amides is 1. The first kappa shape index (κ1) is 23.6. The number of hydrogen-bond acceptors (Lipinski definition) is 5. The van der Waals surface area contributed by atoms with Crippen LogP contribution in [0.1, 0.15) is 25.3 Å². The van der Waals surface area contributed by atoms with Gasteiger partial charge < -0.3 is 9.47 Å². The lowest BCUT2D eigenvalue weighted by molar-refractivity contribution is -0.119. The van der Waals surface area contributed by atoms with E-state index >= 15 is 0 Å². The number of anilines is 1. The molecule has 0 saturated heterocycles. The van der Waals surface area contributed by atoms with Crippen molar-refractivity contribution in [2.75, 3.05) is 18.0 Å². The van der Waals surface area contributed by atoms with E-state index in [1.807, 2.05) is 26.0 Å². The highest BCUT2D eigenvalue weighted by molar-refractivity contribution is 7.93. The number of carbonyl (C=O) groups is 1. The molecule has 0 fully saturated rings. The Morgan fingerprint density at radius 2 is 1.62 bits per heavy atom. The van der Waals surface area contributed by atoms with E-state index in [1.54, 1.807) is 30.3 Å². The predicted octanol–water partition coefficient (Wildman–Crippen LogP) is 5.27. The number of ether oxygens (including phenoxy) is 2. The fourth-order valence-corrected chi connectivity index (χ4v) is 4.86. The lowest BCUT2D eigenvalue weighted by Gasteiger charge is -2.24. The summed E-state index contributed by atoms with van der Waals surface area (Å²) in [6, 6.07) is 19.4. The first-order chi connectivity index (χ1) is 15.3. The zero-order valence-corrected chi connectivity index (χ0v) is 19.6. The van der Waals surface area contributed by atoms with E-state index in [1.165, 1.54) is 37.4 Å². The van der Waals surface area contributed by atoms with Gasteiger partial charge in [0.2, 0.25) is 0 Å². The quantitative estimate of drug-likeness (QED) is 0.445. The summed E-state index contributed by atoms with van der Waals surface area (Å²) in [4.78, 5) is 13.2. The van der Waals surface area contributed by atoms with Gasteiger partial charge in [-0.3, -0.25) is 4.79 Å². The van der Waals surface area contributed by atoms with Gasteiger partial charge in [0.1, 0.15) is 11.5 Å². The average Bonchev–Trinajstić information content (AvgIpc) is 2.78. The van der Waals surface area contributed by atoms with Crippen LogP contribution in [0.2, 0.25) is 5.02 Å². The topological polar surface area (TPSA) is 72.9 Å². The average molecular weight is 474 g/mol. The zero-order valence-electron chi connectivity index (χ0n) is 18.0. The summed E-state index contributed by atoms with van der Waals surface area (Å²) in [5.41, 5.74) is 1.01. The molecule has 8 heteroatoms. The van der Waals surface area contributed by atoms with Crippen LogP contribution in [0.4, 0.5) is 5.69 Å². The first-order valence-electron chi connectivity index (χ1n) is 9.94. The minimum atomic E-state index is -4.22. The van der Waals surface area contributed by atoms with Gasteiger partial charge in [0, 0.05) is 0 Å². The Kier molecular flexibility index (Phi) is 7.43. The van der Waals surface area contributed by atoms with Gasteiger partial charge >= 0.3 is 0 Å². The van der Waals surface area contributed by atoms with Crippen molar-refractivity contribution in [3.63, 3.8) is 0 Å². The molecule has 0 atom stereocenters. The predicted molar refractivity (Wildman–Crippen MR) is 125 cm³/mol. The second-order valence-electron chi connectivity index (χ2n) is 7.28. The normalized spacial score (nSPS) is 11.3. The molecule has 0 aliphatic carbocycles. The second kappa shape index (κ2) is 10.1. The summed E-state index contributed by atoms with van der Waals surface area (Å²) in [7, 11) is -2.77. The summed E-state index contributed by atoms with van der Waals surface area (Å²) in [6.45, 7) is 3.55. The van der Waals surface area contributed by atoms with Crippen LogP contribution in [0.15, 0.2) is 77.7 Å². The van der Waals surface area contributed by atoms with Crippen molar-refractivity contribution in [3.8, 4) is 11.5 Å². The van der Waals surface area contributed by atoms with Crippen LogP contribution in [0.5, 0.6) is 11.5 Å². The van der Waals surface area contributed by atoms with E-state index in [9.17, 15) is 13.2 Å². The molecule has 168 valence electrons. The molecule has 0 bridgehead atoms. The van der Waals surface area contributed by atoms with Crippen LogP contribution in [-0.2, 0) is 14.8 Å². The van der Waals surface area contributed by atoms with Crippen LogP contribution in [0.25, 0.3) is 0 Å². The summed E-state index contributed by atoms with van der Waals surface area (Å²) in [5, 5.41) is 0.178. The molecule has 0 saturated carbocycles. The van der Waals surface area contributed by atoms with Crippen LogP contribution in [0.3, 0.4) is 0 Å². The third kappa shape index (κ3) is 5.06. The Labute approximate surface area is 193 Å². The second-order valence-corrected chi connectivity index (χ2v) is 9.47. The van der Waals surface area contributed by atoms with Crippen LogP contribution in [0, 0.1) is 0 Å². The SMILES string of the molecule is COc1ccc(N(C(=O)COc2ccccc2C(C)C)S(=O)(=O)c2ccccc2)cc1Cl. The zero-order chi connectivity index (χ0) is 23.3. The summed E-state index contributed by atoms with van der Waals surface area (Å²) in [5.74, 6) is 0.308. The van der Waals surface area contributed by atoms with E-state index < -0.39 is 22.5 Å². The Hall–Kier alpha value is -3.03. The van der Waals surface area contributed by atoms with Gasteiger partial charge in [0.05, 0.1) is 22.7 Å².